The maximum absolute atomic E-state index is 13.2. The highest BCUT2D eigenvalue weighted by atomic mass is 16.5. The number of amides is 1. The lowest BCUT2D eigenvalue weighted by atomic mass is 9.94. The van der Waals surface area contributed by atoms with E-state index in [2.05, 4.69) is 11.6 Å². The topological polar surface area (TPSA) is 79.7 Å². The van der Waals surface area contributed by atoms with Crippen LogP contribution in [0.25, 0.3) is 5.76 Å². The molecule has 3 aromatic rings. The van der Waals surface area contributed by atoms with Crippen LogP contribution in [-0.4, -0.2) is 33.3 Å². The van der Waals surface area contributed by atoms with E-state index in [4.69, 9.17) is 4.74 Å². The van der Waals surface area contributed by atoms with Crippen LogP contribution < -0.4 is 4.74 Å². The summed E-state index contributed by atoms with van der Waals surface area (Å²) in [6.45, 7) is 6.12. The van der Waals surface area contributed by atoms with E-state index >= 15 is 0 Å². The van der Waals surface area contributed by atoms with Gasteiger partial charge in [-0.1, -0.05) is 54.6 Å². The van der Waals surface area contributed by atoms with E-state index in [1.165, 1.54) is 4.90 Å². The van der Waals surface area contributed by atoms with E-state index in [1.807, 2.05) is 25.1 Å². The fourth-order valence-electron chi connectivity index (χ4n) is 3.87. The van der Waals surface area contributed by atoms with Crippen molar-refractivity contribution in [2.45, 2.75) is 19.5 Å². The number of Topliss-reactive ketones (excluding diaryl/α,β-unsaturated/α-hetero) is 1. The molecule has 1 aliphatic rings. The third kappa shape index (κ3) is 4.55. The molecule has 33 heavy (non-hydrogen) atoms. The molecular formula is C27H24N2O4. The van der Waals surface area contributed by atoms with Gasteiger partial charge in [0.2, 0.25) is 0 Å². The molecule has 1 aromatic heterocycles. The molecule has 1 atom stereocenters. The minimum atomic E-state index is -0.772. The number of carbonyl (C=O) groups excluding carboxylic acids is 2. The lowest BCUT2D eigenvalue weighted by Crippen LogP contribution is -2.29. The van der Waals surface area contributed by atoms with E-state index in [0.29, 0.717) is 23.5 Å². The van der Waals surface area contributed by atoms with Crippen LogP contribution in [0.5, 0.6) is 5.75 Å². The average molecular weight is 440 g/mol. The first-order chi connectivity index (χ1) is 16.0. The number of ether oxygens (including phenoxy) is 1. The van der Waals surface area contributed by atoms with Gasteiger partial charge in [0, 0.05) is 24.5 Å². The third-order valence-corrected chi connectivity index (χ3v) is 5.51. The largest absolute Gasteiger partial charge is 0.507 e. The number of hydrogen-bond donors (Lipinski definition) is 1. The first-order valence-corrected chi connectivity index (χ1v) is 10.6. The number of aromatic nitrogens is 1. The summed E-state index contributed by atoms with van der Waals surface area (Å²) in [5.74, 6) is -1.00. The Labute approximate surface area is 192 Å². The second kappa shape index (κ2) is 9.53. The molecule has 0 aliphatic carbocycles. The minimum Gasteiger partial charge on any atom is -0.507 e. The molecular weight excluding hydrogens is 416 g/mol. The number of aryl methyl sites for hydroxylation is 1. The number of aliphatic hydroxyl groups is 1. The minimum absolute atomic E-state index is 0.0544. The molecule has 4 rings (SSSR count). The molecule has 1 saturated heterocycles. The van der Waals surface area contributed by atoms with Crippen molar-refractivity contribution in [3.8, 4) is 5.75 Å². The van der Waals surface area contributed by atoms with Gasteiger partial charge in [0.05, 0.1) is 11.6 Å². The molecule has 1 fully saturated rings. The summed E-state index contributed by atoms with van der Waals surface area (Å²) in [7, 11) is 0. The van der Waals surface area contributed by atoms with Crippen molar-refractivity contribution in [2.24, 2.45) is 0 Å². The summed E-state index contributed by atoms with van der Waals surface area (Å²) < 4.78 is 5.66. The number of carbonyl (C=O) groups is 2. The van der Waals surface area contributed by atoms with E-state index < -0.39 is 17.7 Å². The van der Waals surface area contributed by atoms with Crippen LogP contribution >= 0.6 is 0 Å². The van der Waals surface area contributed by atoms with Gasteiger partial charge >= 0.3 is 0 Å². The Morgan fingerprint density at radius 1 is 1.12 bits per heavy atom. The number of nitrogens with zero attached hydrogens (tertiary/aromatic N) is 2. The zero-order valence-electron chi connectivity index (χ0n) is 18.3. The normalized spacial score (nSPS) is 17.2. The molecule has 6 heteroatoms. The molecule has 0 bridgehead atoms. The average Bonchev–Trinajstić information content (AvgIpc) is 3.08. The summed E-state index contributed by atoms with van der Waals surface area (Å²) in [4.78, 5) is 31.8. The Morgan fingerprint density at radius 2 is 1.85 bits per heavy atom. The van der Waals surface area contributed by atoms with Crippen LogP contribution in [0.1, 0.15) is 28.3 Å². The molecule has 1 aliphatic heterocycles. The van der Waals surface area contributed by atoms with E-state index in [-0.39, 0.29) is 17.9 Å². The van der Waals surface area contributed by atoms with E-state index in [1.54, 1.807) is 60.9 Å². The van der Waals surface area contributed by atoms with Crippen LogP contribution in [0, 0.1) is 6.92 Å². The first-order valence-electron chi connectivity index (χ1n) is 10.6. The highest BCUT2D eigenvalue weighted by Crippen LogP contribution is 2.41. The molecule has 2 heterocycles. The zero-order chi connectivity index (χ0) is 23.4. The van der Waals surface area contributed by atoms with Crippen molar-refractivity contribution in [3.05, 3.63) is 114 Å². The molecule has 1 amide bonds. The van der Waals surface area contributed by atoms with Gasteiger partial charge in [0.15, 0.2) is 0 Å². The molecule has 6 nitrogen and oxygen atoms in total. The number of pyridine rings is 1. The molecule has 1 N–H and O–H groups in total. The van der Waals surface area contributed by atoms with Crippen molar-refractivity contribution in [3.63, 3.8) is 0 Å². The fraction of sp³-hybridized carbons (Fsp3) is 0.148. The summed E-state index contributed by atoms with van der Waals surface area (Å²) in [5, 5.41) is 11.2. The van der Waals surface area contributed by atoms with E-state index in [0.717, 1.165) is 11.1 Å². The quantitative estimate of drug-likeness (QED) is 0.252. The predicted molar refractivity (Wildman–Crippen MR) is 125 cm³/mol. The second-order valence-electron chi connectivity index (χ2n) is 7.82. The number of likely N-dealkylation sites (tertiary alicyclic amines) is 1. The van der Waals surface area contributed by atoms with Crippen LogP contribution in [0.3, 0.4) is 0 Å². The van der Waals surface area contributed by atoms with Gasteiger partial charge in [-0.15, -0.1) is 0 Å². The number of ketones is 1. The highest BCUT2D eigenvalue weighted by molar-refractivity contribution is 6.46. The number of benzene rings is 2. The van der Waals surface area contributed by atoms with Crippen molar-refractivity contribution >= 4 is 17.4 Å². The van der Waals surface area contributed by atoms with Gasteiger partial charge in [-0.2, -0.15) is 0 Å². The standard InChI is InChI=1S/C27H24N2O4/c1-3-15-33-22-6-4-5-21(16-22)24-23(25(30)20-9-7-18(2)8-10-20)26(31)27(32)29(24)17-19-11-13-28-14-12-19/h3-14,16,24,30H,1,15,17H2,2H3/b25-23+. The Bertz CT molecular complexity index is 1220. The summed E-state index contributed by atoms with van der Waals surface area (Å²) in [6.07, 6.45) is 4.91. The third-order valence-electron chi connectivity index (χ3n) is 5.51. The Hall–Kier alpha value is -4.19. The van der Waals surface area contributed by atoms with Crippen LogP contribution in [0.4, 0.5) is 0 Å². The second-order valence-corrected chi connectivity index (χ2v) is 7.82. The van der Waals surface area contributed by atoms with Crippen molar-refractivity contribution in [1.29, 1.82) is 0 Å². The SMILES string of the molecule is C=CCOc1cccc(C2/C(=C(\O)c3ccc(C)cc3)C(=O)C(=O)N2Cc2ccncc2)c1. The van der Waals surface area contributed by atoms with Crippen molar-refractivity contribution in [2.75, 3.05) is 6.61 Å². The van der Waals surface area contributed by atoms with Gasteiger partial charge in [0.25, 0.3) is 11.7 Å². The van der Waals surface area contributed by atoms with Crippen LogP contribution in [0.15, 0.2) is 91.3 Å². The van der Waals surface area contributed by atoms with Gasteiger partial charge in [-0.25, -0.2) is 0 Å². The number of rotatable bonds is 7. The monoisotopic (exact) mass is 440 g/mol. The maximum Gasteiger partial charge on any atom is 0.295 e. The molecule has 166 valence electrons. The summed E-state index contributed by atoms with van der Waals surface area (Å²) in [5.41, 5.74) is 3.04. The summed E-state index contributed by atoms with van der Waals surface area (Å²) in [6, 6.07) is 17.2. The number of hydrogen-bond acceptors (Lipinski definition) is 5. The Balaban J connectivity index is 1.84. The summed E-state index contributed by atoms with van der Waals surface area (Å²) >= 11 is 0. The predicted octanol–water partition coefficient (Wildman–Crippen LogP) is 4.58. The van der Waals surface area contributed by atoms with Crippen molar-refractivity contribution in [1.82, 2.24) is 9.88 Å². The van der Waals surface area contributed by atoms with Gasteiger partial charge in [0.1, 0.15) is 18.1 Å². The highest BCUT2D eigenvalue weighted by Gasteiger charge is 2.46. The number of aliphatic hydroxyl groups excluding tert-OH is 1. The van der Waals surface area contributed by atoms with Crippen LogP contribution in [-0.2, 0) is 16.1 Å². The molecule has 2 aromatic carbocycles. The van der Waals surface area contributed by atoms with Gasteiger partial charge in [-0.05, 0) is 42.3 Å². The lowest BCUT2D eigenvalue weighted by molar-refractivity contribution is -0.140. The van der Waals surface area contributed by atoms with Gasteiger partial charge < -0.3 is 14.7 Å². The first kappa shape index (κ1) is 22.0. The van der Waals surface area contributed by atoms with Gasteiger partial charge in [-0.3, -0.25) is 14.6 Å². The Morgan fingerprint density at radius 3 is 2.55 bits per heavy atom. The molecule has 0 saturated carbocycles. The maximum atomic E-state index is 13.2. The van der Waals surface area contributed by atoms with Crippen LogP contribution in [0.2, 0.25) is 0 Å². The van der Waals surface area contributed by atoms with Crippen molar-refractivity contribution < 1.29 is 19.4 Å². The smallest absolute Gasteiger partial charge is 0.295 e. The fourth-order valence-corrected chi connectivity index (χ4v) is 3.87. The Kier molecular flexibility index (Phi) is 6.36. The zero-order valence-corrected chi connectivity index (χ0v) is 18.3. The van der Waals surface area contributed by atoms with E-state index in [9.17, 15) is 14.7 Å². The molecule has 0 radical (unpaired) electrons. The molecule has 0 spiro atoms. The lowest BCUT2D eigenvalue weighted by Gasteiger charge is -2.25. The molecule has 1 unspecified atom stereocenters.